The number of unbranched alkanes of at least 4 members (excludes halogenated alkanes) is 4. The van der Waals surface area contributed by atoms with Gasteiger partial charge >= 0.3 is 0 Å². The molecule has 3 nitrogen and oxygen atoms in total. The smallest absolute Gasteiger partial charge is 0.118 e. The Morgan fingerprint density at radius 3 is 2.33 bits per heavy atom. The molecule has 0 aliphatic heterocycles. The molecule has 1 rings (SSSR count). The van der Waals surface area contributed by atoms with Crippen molar-refractivity contribution in [2.45, 2.75) is 51.9 Å². The van der Waals surface area contributed by atoms with Crippen LogP contribution in [0.2, 0.25) is 0 Å². The topological polar surface area (TPSA) is 51.8 Å². The molecule has 2 N–H and O–H groups in total. The zero-order valence-electron chi connectivity index (χ0n) is 9.54. The van der Waals surface area contributed by atoms with Gasteiger partial charge in [-0.2, -0.15) is 0 Å². The second kappa shape index (κ2) is 7.77. The molecule has 0 amide bonds. The lowest BCUT2D eigenvalue weighted by molar-refractivity contribution is 0.629. The van der Waals surface area contributed by atoms with Crippen LogP contribution < -0.4 is 5.73 Å². The fourth-order valence-corrected chi connectivity index (χ4v) is 2.40. The standard InChI is InChI=1S/C11H21N3S/c1-2-3-4-5-6-7-10-13-14-11(15-10)8-9-12/h2-9,12H2,1H3. The molecule has 0 saturated carbocycles. The van der Waals surface area contributed by atoms with Crippen LogP contribution in [-0.2, 0) is 12.8 Å². The lowest BCUT2D eigenvalue weighted by Gasteiger charge is -1.96. The van der Waals surface area contributed by atoms with Crippen molar-refractivity contribution >= 4 is 11.3 Å². The van der Waals surface area contributed by atoms with Gasteiger partial charge in [-0.3, -0.25) is 0 Å². The summed E-state index contributed by atoms with van der Waals surface area (Å²) in [7, 11) is 0. The highest BCUT2D eigenvalue weighted by atomic mass is 32.1. The average Bonchev–Trinajstić information content (AvgIpc) is 2.66. The predicted octanol–water partition coefficient (Wildman–Crippen LogP) is 2.55. The SMILES string of the molecule is CCCCCCCc1nnc(CCN)s1. The fraction of sp³-hybridized carbons (Fsp3) is 0.818. The van der Waals surface area contributed by atoms with Crippen molar-refractivity contribution in [1.82, 2.24) is 10.2 Å². The fourth-order valence-electron chi connectivity index (χ4n) is 1.49. The van der Waals surface area contributed by atoms with Crippen molar-refractivity contribution < 1.29 is 0 Å². The molecule has 86 valence electrons. The first kappa shape index (κ1) is 12.6. The molecule has 0 radical (unpaired) electrons. The number of nitrogens with two attached hydrogens (primary N) is 1. The van der Waals surface area contributed by atoms with Gasteiger partial charge in [0.25, 0.3) is 0 Å². The molecular formula is C11H21N3S. The highest BCUT2D eigenvalue weighted by Gasteiger charge is 2.02. The Bertz CT molecular complexity index is 260. The number of aryl methyl sites for hydroxylation is 1. The van der Waals surface area contributed by atoms with Gasteiger partial charge in [-0.15, -0.1) is 21.5 Å². The van der Waals surface area contributed by atoms with E-state index in [-0.39, 0.29) is 0 Å². The number of rotatable bonds is 8. The molecule has 0 atom stereocenters. The summed E-state index contributed by atoms with van der Waals surface area (Å²) in [4.78, 5) is 0. The van der Waals surface area contributed by atoms with Crippen LogP contribution >= 0.6 is 11.3 Å². The summed E-state index contributed by atoms with van der Waals surface area (Å²) in [5.41, 5.74) is 5.46. The Kier molecular flexibility index (Phi) is 6.52. The first-order valence-electron chi connectivity index (χ1n) is 5.88. The third-order valence-electron chi connectivity index (χ3n) is 2.36. The van der Waals surface area contributed by atoms with Gasteiger partial charge in [0.1, 0.15) is 10.0 Å². The molecule has 1 aromatic rings. The summed E-state index contributed by atoms with van der Waals surface area (Å²) in [6, 6.07) is 0. The van der Waals surface area contributed by atoms with Crippen LogP contribution in [0.3, 0.4) is 0 Å². The van der Waals surface area contributed by atoms with Gasteiger partial charge in [0.05, 0.1) is 0 Å². The van der Waals surface area contributed by atoms with E-state index in [1.165, 1.54) is 37.1 Å². The molecule has 15 heavy (non-hydrogen) atoms. The van der Waals surface area contributed by atoms with E-state index in [2.05, 4.69) is 17.1 Å². The third-order valence-corrected chi connectivity index (χ3v) is 3.40. The van der Waals surface area contributed by atoms with E-state index in [1.807, 2.05) is 0 Å². The van der Waals surface area contributed by atoms with E-state index in [0.29, 0.717) is 6.54 Å². The van der Waals surface area contributed by atoms with Crippen LogP contribution in [0.15, 0.2) is 0 Å². The van der Waals surface area contributed by atoms with E-state index in [1.54, 1.807) is 11.3 Å². The summed E-state index contributed by atoms with van der Waals surface area (Å²) in [5.74, 6) is 0. The predicted molar refractivity (Wildman–Crippen MR) is 65.1 cm³/mol. The largest absolute Gasteiger partial charge is 0.330 e. The van der Waals surface area contributed by atoms with Gasteiger partial charge in [0.2, 0.25) is 0 Å². The van der Waals surface area contributed by atoms with Crippen molar-refractivity contribution in [3.05, 3.63) is 10.0 Å². The highest BCUT2D eigenvalue weighted by Crippen LogP contribution is 2.13. The quantitative estimate of drug-likeness (QED) is 0.694. The van der Waals surface area contributed by atoms with Gasteiger partial charge < -0.3 is 5.73 Å². The molecule has 0 saturated heterocycles. The summed E-state index contributed by atoms with van der Waals surface area (Å²) < 4.78 is 0. The van der Waals surface area contributed by atoms with Crippen LogP contribution in [0.5, 0.6) is 0 Å². The lowest BCUT2D eigenvalue weighted by atomic mass is 10.1. The first-order valence-corrected chi connectivity index (χ1v) is 6.69. The molecule has 0 aliphatic carbocycles. The number of hydrogen-bond acceptors (Lipinski definition) is 4. The molecule has 0 aliphatic rings. The molecule has 0 aromatic carbocycles. The molecule has 0 bridgehead atoms. The van der Waals surface area contributed by atoms with Crippen LogP contribution in [0.1, 0.15) is 49.0 Å². The minimum absolute atomic E-state index is 0.672. The van der Waals surface area contributed by atoms with Crippen LogP contribution in [0.4, 0.5) is 0 Å². The maximum Gasteiger partial charge on any atom is 0.118 e. The maximum absolute atomic E-state index is 5.46. The average molecular weight is 227 g/mol. The third kappa shape index (κ3) is 5.23. The van der Waals surface area contributed by atoms with Crippen LogP contribution in [0, 0.1) is 0 Å². The zero-order chi connectivity index (χ0) is 10.9. The van der Waals surface area contributed by atoms with Gasteiger partial charge in [0, 0.05) is 12.8 Å². The molecule has 0 fully saturated rings. The number of aromatic nitrogens is 2. The molecule has 1 aromatic heterocycles. The molecule has 0 spiro atoms. The van der Waals surface area contributed by atoms with Gasteiger partial charge in [0.15, 0.2) is 0 Å². The normalized spacial score (nSPS) is 10.8. The zero-order valence-corrected chi connectivity index (χ0v) is 10.4. The number of hydrogen-bond donors (Lipinski definition) is 1. The Balaban J connectivity index is 2.14. The van der Waals surface area contributed by atoms with E-state index in [0.717, 1.165) is 17.8 Å². The summed E-state index contributed by atoms with van der Waals surface area (Å²) >= 11 is 1.72. The van der Waals surface area contributed by atoms with Crippen molar-refractivity contribution in [1.29, 1.82) is 0 Å². The Morgan fingerprint density at radius 1 is 1.00 bits per heavy atom. The Hall–Kier alpha value is -0.480. The highest BCUT2D eigenvalue weighted by molar-refractivity contribution is 7.11. The second-order valence-corrected chi connectivity index (χ2v) is 4.94. The molecule has 4 heteroatoms. The van der Waals surface area contributed by atoms with Gasteiger partial charge in [-0.05, 0) is 13.0 Å². The second-order valence-electron chi connectivity index (χ2n) is 3.79. The Labute approximate surface area is 96.1 Å². The first-order chi connectivity index (χ1) is 7.36. The number of nitrogens with zero attached hydrogens (tertiary/aromatic N) is 2. The van der Waals surface area contributed by atoms with Crippen LogP contribution in [0.25, 0.3) is 0 Å². The monoisotopic (exact) mass is 227 g/mol. The molecule has 1 heterocycles. The van der Waals surface area contributed by atoms with E-state index in [4.69, 9.17) is 5.73 Å². The van der Waals surface area contributed by atoms with Crippen molar-refractivity contribution in [3.63, 3.8) is 0 Å². The van der Waals surface area contributed by atoms with Gasteiger partial charge in [-0.25, -0.2) is 0 Å². The summed E-state index contributed by atoms with van der Waals surface area (Å²) in [6.07, 6.45) is 8.54. The molecule has 0 unspecified atom stereocenters. The van der Waals surface area contributed by atoms with Crippen molar-refractivity contribution in [2.75, 3.05) is 6.54 Å². The van der Waals surface area contributed by atoms with E-state index < -0.39 is 0 Å². The summed E-state index contributed by atoms with van der Waals surface area (Å²) in [5, 5.41) is 10.5. The van der Waals surface area contributed by atoms with Crippen molar-refractivity contribution in [2.24, 2.45) is 5.73 Å². The maximum atomic E-state index is 5.46. The Morgan fingerprint density at radius 2 is 1.67 bits per heavy atom. The van der Waals surface area contributed by atoms with E-state index >= 15 is 0 Å². The summed E-state index contributed by atoms with van der Waals surface area (Å²) in [6.45, 7) is 2.91. The minimum Gasteiger partial charge on any atom is -0.330 e. The molecular weight excluding hydrogens is 206 g/mol. The van der Waals surface area contributed by atoms with Crippen molar-refractivity contribution in [3.8, 4) is 0 Å². The minimum atomic E-state index is 0.672. The van der Waals surface area contributed by atoms with E-state index in [9.17, 15) is 0 Å². The van der Waals surface area contributed by atoms with Crippen LogP contribution in [-0.4, -0.2) is 16.7 Å². The lowest BCUT2D eigenvalue weighted by Crippen LogP contribution is -2.01. The van der Waals surface area contributed by atoms with Gasteiger partial charge in [-0.1, -0.05) is 32.6 Å².